The molecule has 88 valence electrons. The van der Waals surface area contributed by atoms with Gasteiger partial charge in [-0.25, -0.2) is 8.42 Å². The monoisotopic (exact) mass is 258 g/mol. The zero-order valence-corrected chi connectivity index (χ0v) is 11.0. The molecular formula is C12H15ClO2S. The van der Waals surface area contributed by atoms with Crippen LogP contribution < -0.4 is 0 Å². The molecule has 0 saturated carbocycles. The molecule has 0 aliphatic rings. The third-order valence-electron chi connectivity index (χ3n) is 2.31. The van der Waals surface area contributed by atoms with E-state index in [0.717, 1.165) is 0 Å². The van der Waals surface area contributed by atoms with Gasteiger partial charge in [0.05, 0.1) is 9.80 Å². The minimum absolute atomic E-state index is 0.304. The van der Waals surface area contributed by atoms with Crippen LogP contribution in [0.2, 0.25) is 0 Å². The fraction of sp³-hybridized carbons (Fsp3) is 0.333. The van der Waals surface area contributed by atoms with Crippen molar-refractivity contribution in [2.45, 2.75) is 31.6 Å². The average molecular weight is 259 g/mol. The predicted molar refractivity (Wildman–Crippen MR) is 67.1 cm³/mol. The van der Waals surface area contributed by atoms with E-state index in [1.807, 2.05) is 6.92 Å². The Balaban J connectivity index is 3.32. The van der Waals surface area contributed by atoms with Gasteiger partial charge in [-0.2, -0.15) is 0 Å². The van der Waals surface area contributed by atoms with Crippen molar-refractivity contribution in [2.24, 2.45) is 0 Å². The van der Waals surface area contributed by atoms with Gasteiger partial charge >= 0.3 is 0 Å². The number of rotatable bonds is 4. The second kappa shape index (κ2) is 5.51. The third-order valence-corrected chi connectivity index (χ3v) is 5.00. The molecule has 0 aromatic heterocycles. The summed E-state index contributed by atoms with van der Waals surface area (Å²) in [6.45, 7) is 3.65. The van der Waals surface area contributed by atoms with Crippen LogP contribution in [0.1, 0.15) is 26.7 Å². The standard InChI is InChI=1S/C12H15ClO2S/c1-3-11(13)12(4-2)16(14,15)10-8-6-5-7-9-10/h5-9H,3-4H2,1-2H3/b12-11-. The summed E-state index contributed by atoms with van der Waals surface area (Å²) >= 11 is 5.97. The lowest BCUT2D eigenvalue weighted by molar-refractivity contribution is 0.600. The van der Waals surface area contributed by atoms with Crippen LogP contribution in [-0.4, -0.2) is 8.42 Å². The molecule has 0 aliphatic heterocycles. The lowest BCUT2D eigenvalue weighted by Crippen LogP contribution is -2.05. The molecule has 0 fully saturated rings. The molecule has 0 aliphatic carbocycles. The van der Waals surface area contributed by atoms with Crippen molar-refractivity contribution in [2.75, 3.05) is 0 Å². The predicted octanol–water partition coefficient (Wildman–Crippen LogP) is 3.73. The molecule has 0 N–H and O–H groups in total. The van der Waals surface area contributed by atoms with Gasteiger partial charge in [-0.05, 0) is 25.0 Å². The minimum Gasteiger partial charge on any atom is -0.219 e. The van der Waals surface area contributed by atoms with Crippen LogP contribution >= 0.6 is 11.6 Å². The molecule has 0 bridgehead atoms. The molecule has 0 amide bonds. The molecule has 1 aromatic rings. The number of sulfone groups is 1. The Kier molecular flexibility index (Phi) is 4.56. The van der Waals surface area contributed by atoms with Gasteiger partial charge in [-0.15, -0.1) is 0 Å². The third kappa shape index (κ3) is 2.66. The van der Waals surface area contributed by atoms with E-state index in [1.165, 1.54) is 0 Å². The fourth-order valence-corrected chi connectivity index (χ4v) is 3.52. The maximum atomic E-state index is 12.2. The van der Waals surface area contributed by atoms with Crippen molar-refractivity contribution < 1.29 is 8.42 Å². The topological polar surface area (TPSA) is 34.1 Å². The lowest BCUT2D eigenvalue weighted by atomic mass is 10.3. The van der Waals surface area contributed by atoms with Crippen LogP contribution in [0.3, 0.4) is 0 Å². The second-order valence-corrected chi connectivity index (χ2v) is 5.78. The summed E-state index contributed by atoms with van der Waals surface area (Å²) in [4.78, 5) is 0.626. The zero-order chi connectivity index (χ0) is 12.2. The van der Waals surface area contributed by atoms with E-state index in [0.29, 0.717) is 27.7 Å². The molecule has 2 nitrogen and oxygen atoms in total. The van der Waals surface area contributed by atoms with Crippen molar-refractivity contribution in [3.05, 3.63) is 40.3 Å². The van der Waals surface area contributed by atoms with Gasteiger partial charge in [0.25, 0.3) is 0 Å². The first-order valence-corrected chi connectivity index (χ1v) is 7.07. The van der Waals surface area contributed by atoms with Gasteiger partial charge in [0.2, 0.25) is 9.84 Å². The number of allylic oxidation sites excluding steroid dienone is 2. The Morgan fingerprint density at radius 1 is 1.12 bits per heavy atom. The van der Waals surface area contributed by atoms with Gasteiger partial charge in [-0.1, -0.05) is 43.6 Å². The van der Waals surface area contributed by atoms with Gasteiger partial charge in [0.15, 0.2) is 0 Å². The summed E-state index contributed by atoms with van der Waals surface area (Å²) in [6.07, 6.45) is 0.959. The van der Waals surface area contributed by atoms with Crippen molar-refractivity contribution in [1.29, 1.82) is 0 Å². The molecule has 16 heavy (non-hydrogen) atoms. The maximum Gasteiger partial charge on any atom is 0.203 e. The van der Waals surface area contributed by atoms with Gasteiger partial charge in [0, 0.05) is 5.03 Å². The van der Waals surface area contributed by atoms with E-state index in [-0.39, 0.29) is 0 Å². The Morgan fingerprint density at radius 3 is 2.12 bits per heavy atom. The Bertz CT molecular complexity index is 475. The lowest BCUT2D eigenvalue weighted by Gasteiger charge is -2.09. The largest absolute Gasteiger partial charge is 0.219 e. The highest BCUT2D eigenvalue weighted by molar-refractivity contribution is 7.95. The first kappa shape index (κ1) is 13.3. The SMILES string of the molecule is CC/C(Cl)=C(\CC)S(=O)(=O)c1ccccc1. The van der Waals surface area contributed by atoms with Crippen LogP contribution in [-0.2, 0) is 9.84 Å². The van der Waals surface area contributed by atoms with Gasteiger partial charge in [0.1, 0.15) is 0 Å². The highest BCUT2D eigenvalue weighted by atomic mass is 35.5. The summed E-state index contributed by atoms with van der Waals surface area (Å²) < 4.78 is 24.4. The normalized spacial score (nSPS) is 13.4. The Morgan fingerprint density at radius 2 is 1.69 bits per heavy atom. The summed E-state index contributed by atoms with van der Waals surface area (Å²) in [5, 5.41) is 0.423. The first-order valence-electron chi connectivity index (χ1n) is 5.21. The zero-order valence-electron chi connectivity index (χ0n) is 9.40. The minimum atomic E-state index is -3.41. The van der Waals surface area contributed by atoms with Crippen molar-refractivity contribution in [3.8, 4) is 0 Å². The molecule has 4 heteroatoms. The maximum absolute atomic E-state index is 12.2. The molecule has 0 heterocycles. The average Bonchev–Trinajstić information content (AvgIpc) is 2.30. The summed E-state index contributed by atoms with van der Waals surface area (Å²) in [6, 6.07) is 8.38. The van der Waals surface area contributed by atoms with E-state index in [2.05, 4.69) is 0 Å². The smallest absolute Gasteiger partial charge is 0.203 e. The quantitative estimate of drug-likeness (QED) is 0.825. The molecule has 0 saturated heterocycles. The van der Waals surface area contributed by atoms with E-state index in [1.54, 1.807) is 37.3 Å². The second-order valence-electron chi connectivity index (χ2n) is 3.35. The number of halogens is 1. The van der Waals surface area contributed by atoms with Crippen molar-refractivity contribution in [3.63, 3.8) is 0 Å². The molecule has 1 aromatic carbocycles. The molecular weight excluding hydrogens is 244 g/mol. The Labute approximate surface area is 102 Å². The van der Waals surface area contributed by atoms with Crippen LogP contribution in [0, 0.1) is 0 Å². The van der Waals surface area contributed by atoms with E-state index in [9.17, 15) is 8.42 Å². The highest BCUT2D eigenvalue weighted by Crippen LogP contribution is 2.27. The first-order chi connectivity index (χ1) is 7.54. The van der Waals surface area contributed by atoms with Crippen molar-refractivity contribution in [1.82, 2.24) is 0 Å². The van der Waals surface area contributed by atoms with E-state index >= 15 is 0 Å². The van der Waals surface area contributed by atoms with Crippen LogP contribution in [0.4, 0.5) is 0 Å². The number of benzene rings is 1. The van der Waals surface area contributed by atoms with Gasteiger partial charge in [-0.3, -0.25) is 0 Å². The molecule has 0 atom stereocenters. The van der Waals surface area contributed by atoms with Crippen LogP contribution in [0.25, 0.3) is 0 Å². The van der Waals surface area contributed by atoms with Crippen LogP contribution in [0.5, 0.6) is 0 Å². The Hall–Kier alpha value is -0.800. The summed E-state index contributed by atoms with van der Waals surface area (Å²) in [5.74, 6) is 0. The van der Waals surface area contributed by atoms with E-state index in [4.69, 9.17) is 11.6 Å². The van der Waals surface area contributed by atoms with Gasteiger partial charge < -0.3 is 0 Å². The number of hydrogen-bond acceptors (Lipinski definition) is 2. The van der Waals surface area contributed by atoms with Crippen molar-refractivity contribution >= 4 is 21.4 Å². The fourth-order valence-electron chi connectivity index (χ4n) is 1.47. The highest BCUT2D eigenvalue weighted by Gasteiger charge is 2.21. The summed E-state index contributed by atoms with van der Waals surface area (Å²) in [5.41, 5.74) is 0. The van der Waals surface area contributed by atoms with E-state index < -0.39 is 9.84 Å². The molecule has 0 spiro atoms. The molecule has 0 radical (unpaired) electrons. The number of hydrogen-bond donors (Lipinski definition) is 0. The van der Waals surface area contributed by atoms with Crippen LogP contribution in [0.15, 0.2) is 45.2 Å². The molecule has 1 rings (SSSR count). The molecule has 0 unspecified atom stereocenters. The summed E-state index contributed by atoms with van der Waals surface area (Å²) in [7, 11) is -3.41.